The van der Waals surface area contributed by atoms with Gasteiger partial charge in [-0.05, 0) is 18.9 Å². The van der Waals surface area contributed by atoms with E-state index >= 15 is 0 Å². The molecule has 0 radical (unpaired) electrons. The van der Waals surface area contributed by atoms with E-state index in [2.05, 4.69) is 0 Å². The summed E-state index contributed by atoms with van der Waals surface area (Å²) in [4.78, 5) is 11.1. The fourth-order valence-corrected chi connectivity index (χ4v) is 1.53. The van der Waals surface area contributed by atoms with Crippen LogP contribution in [0.2, 0.25) is 0 Å². The van der Waals surface area contributed by atoms with Gasteiger partial charge in [0.1, 0.15) is 5.75 Å². The normalized spacial score (nSPS) is 12.2. The van der Waals surface area contributed by atoms with E-state index in [1.807, 2.05) is 32.0 Å². The highest BCUT2D eigenvalue weighted by molar-refractivity contribution is 5.79. The van der Waals surface area contributed by atoms with Crippen molar-refractivity contribution in [2.75, 3.05) is 0 Å². The summed E-state index contributed by atoms with van der Waals surface area (Å²) in [7, 11) is 0. The van der Waals surface area contributed by atoms with Gasteiger partial charge in [0.15, 0.2) is 6.10 Å². The van der Waals surface area contributed by atoms with Gasteiger partial charge in [-0.1, -0.05) is 25.1 Å². The maximum absolute atomic E-state index is 11.1. The van der Waals surface area contributed by atoms with Crippen LogP contribution in [0.4, 0.5) is 0 Å². The van der Waals surface area contributed by atoms with Gasteiger partial charge in [0.25, 0.3) is 5.91 Å². The Labute approximate surface area is 95.6 Å². The fourth-order valence-electron chi connectivity index (χ4n) is 1.53. The second kappa shape index (κ2) is 5.51. The third kappa shape index (κ3) is 2.73. The lowest BCUT2D eigenvalue weighted by Crippen LogP contribution is -2.33. The molecule has 0 spiro atoms. The molecule has 1 aromatic rings. The van der Waals surface area contributed by atoms with Crippen LogP contribution < -0.4 is 16.2 Å². The second-order valence-electron chi connectivity index (χ2n) is 3.68. The zero-order valence-corrected chi connectivity index (χ0v) is 9.69. The molecule has 88 valence electrons. The molecule has 4 N–H and O–H groups in total. The predicted molar refractivity (Wildman–Crippen MR) is 63.0 cm³/mol. The third-order valence-corrected chi connectivity index (χ3v) is 2.46. The first-order valence-electron chi connectivity index (χ1n) is 5.34. The molecule has 0 heterocycles. The number of carbonyl (C=O) groups excluding carboxylic acids is 1. The van der Waals surface area contributed by atoms with E-state index in [-0.39, 0.29) is 0 Å². The number of benzene rings is 1. The predicted octanol–water partition coefficient (Wildman–Crippen LogP) is 1.10. The van der Waals surface area contributed by atoms with Crippen molar-refractivity contribution in [3.8, 4) is 5.75 Å². The third-order valence-electron chi connectivity index (χ3n) is 2.46. The standard InChI is InChI=1S/C12H18N2O2/c1-3-10(12(14)15)16-11-8(2)5-4-6-9(11)7-13/h4-6,10H,3,7,13H2,1-2H3,(H2,14,15). The molecule has 0 aliphatic rings. The van der Waals surface area contributed by atoms with Crippen molar-refractivity contribution in [1.29, 1.82) is 0 Å². The molecule has 1 rings (SSSR count). The minimum atomic E-state index is -0.591. The van der Waals surface area contributed by atoms with Gasteiger partial charge in [-0.2, -0.15) is 0 Å². The van der Waals surface area contributed by atoms with Crippen LogP contribution in [0.3, 0.4) is 0 Å². The number of nitrogens with two attached hydrogens (primary N) is 2. The Morgan fingerprint density at radius 3 is 2.69 bits per heavy atom. The van der Waals surface area contributed by atoms with Crippen LogP contribution in [0.15, 0.2) is 18.2 Å². The Morgan fingerprint density at radius 2 is 2.19 bits per heavy atom. The molecular formula is C12H18N2O2. The average molecular weight is 222 g/mol. The summed E-state index contributed by atoms with van der Waals surface area (Å²) in [6, 6.07) is 5.72. The van der Waals surface area contributed by atoms with Gasteiger partial charge in [0, 0.05) is 12.1 Å². The lowest BCUT2D eigenvalue weighted by molar-refractivity contribution is -0.124. The first-order valence-corrected chi connectivity index (χ1v) is 5.34. The molecule has 0 aliphatic carbocycles. The van der Waals surface area contributed by atoms with Crippen molar-refractivity contribution in [2.24, 2.45) is 11.5 Å². The minimum Gasteiger partial charge on any atom is -0.480 e. The van der Waals surface area contributed by atoms with Crippen LogP contribution in [0, 0.1) is 6.92 Å². The van der Waals surface area contributed by atoms with Gasteiger partial charge < -0.3 is 16.2 Å². The van der Waals surface area contributed by atoms with Crippen molar-refractivity contribution in [1.82, 2.24) is 0 Å². The molecule has 0 aliphatic heterocycles. The number of amides is 1. The SMILES string of the molecule is CCC(Oc1c(C)cccc1CN)C(N)=O. The molecule has 0 aromatic heterocycles. The Balaban J connectivity index is 2.98. The van der Waals surface area contributed by atoms with E-state index in [1.165, 1.54) is 0 Å². The van der Waals surface area contributed by atoms with Gasteiger partial charge in [-0.25, -0.2) is 0 Å². The minimum absolute atomic E-state index is 0.381. The lowest BCUT2D eigenvalue weighted by Gasteiger charge is -2.18. The molecule has 4 heteroatoms. The highest BCUT2D eigenvalue weighted by Gasteiger charge is 2.17. The number of hydrogen-bond acceptors (Lipinski definition) is 3. The van der Waals surface area contributed by atoms with Crippen molar-refractivity contribution >= 4 is 5.91 Å². The molecule has 1 aromatic carbocycles. The Morgan fingerprint density at radius 1 is 1.50 bits per heavy atom. The van der Waals surface area contributed by atoms with Gasteiger partial charge in [-0.15, -0.1) is 0 Å². The smallest absolute Gasteiger partial charge is 0.258 e. The quantitative estimate of drug-likeness (QED) is 0.783. The molecule has 0 saturated carbocycles. The Kier molecular flexibility index (Phi) is 4.31. The van der Waals surface area contributed by atoms with Crippen LogP contribution in [0.1, 0.15) is 24.5 Å². The molecule has 1 unspecified atom stereocenters. The van der Waals surface area contributed by atoms with E-state index in [1.54, 1.807) is 0 Å². The topological polar surface area (TPSA) is 78.3 Å². The molecular weight excluding hydrogens is 204 g/mol. The number of para-hydroxylation sites is 1. The van der Waals surface area contributed by atoms with Gasteiger partial charge in [0.05, 0.1) is 0 Å². The second-order valence-corrected chi connectivity index (χ2v) is 3.68. The van der Waals surface area contributed by atoms with Gasteiger partial charge in [0.2, 0.25) is 0 Å². The summed E-state index contributed by atoms with van der Waals surface area (Å²) in [6.07, 6.45) is -0.0420. The lowest BCUT2D eigenvalue weighted by atomic mass is 10.1. The van der Waals surface area contributed by atoms with E-state index in [9.17, 15) is 4.79 Å². The molecule has 4 nitrogen and oxygen atoms in total. The van der Waals surface area contributed by atoms with Crippen LogP contribution in [0.25, 0.3) is 0 Å². The molecule has 1 atom stereocenters. The maximum Gasteiger partial charge on any atom is 0.258 e. The highest BCUT2D eigenvalue weighted by atomic mass is 16.5. The van der Waals surface area contributed by atoms with E-state index < -0.39 is 12.0 Å². The van der Waals surface area contributed by atoms with Gasteiger partial charge >= 0.3 is 0 Å². The van der Waals surface area contributed by atoms with E-state index in [0.717, 1.165) is 11.1 Å². The highest BCUT2D eigenvalue weighted by Crippen LogP contribution is 2.24. The number of ether oxygens (including phenoxy) is 1. The molecule has 0 bridgehead atoms. The number of rotatable bonds is 5. The first-order chi connectivity index (χ1) is 7.60. The average Bonchev–Trinajstić information content (AvgIpc) is 2.26. The zero-order valence-electron chi connectivity index (χ0n) is 9.69. The number of carbonyl (C=O) groups is 1. The molecule has 0 fully saturated rings. The Bertz CT molecular complexity index is 377. The maximum atomic E-state index is 11.1. The summed E-state index contributed by atoms with van der Waals surface area (Å²) in [5.74, 6) is 0.226. The number of hydrogen-bond donors (Lipinski definition) is 2. The van der Waals surface area contributed by atoms with E-state index in [0.29, 0.717) is 18.7 Å². The van der Waals surface area contributed by atoms with Crippen LogP contribution >= 0.6 is 0 Å². The van der Waals surface area contributed by atoms with Crippen molar-refractivity contribution in [3.63, 3.8) is 0 Å². The largest absolute Gasteiger partial charge is 0.480 e. The summed E-state index contributed by atoms with van der Waals surface area (Å²) in [6.45, 7) is 4.16. The van der Waals surface area contributed by atoms with Crippen LogP contribution in [-0.2, 0) is 11.3 Å². The van der Waals surface area contributed by atoms with E-state index in [4.69, 9.17) is 16.2 Å². The summed E-state index contributed by atoms with van der Waals surface area (Å²) >= 11 is 0. The summed E-state index contributed by atoms with van der Waals surface area (Å²) in [5.41, 5.74) is 12.7. The van der Waals surface area contributed by atoms with Crippen molar-refractivity contribution < 1.29 is 9.53 Å². The number of aryl methyl sites for hydroxylation is 1. The van der Waals surface area contributed by atoms with Crippen LogP contribution in [-0.4, -0.2) is 12.0 Å². The van der Waals surface area contributed by atoms with Gasteiger partial charge in [-0.3, -0.25) is 4.79 Å². The van der Waals surface area contributed by atoms with Crippen molar-refractivity contribution in [3.05, 3.63) is 29.3 Å². The first kappa shape index (κ1) is 12.5. The summed E-state index contributed by atoms with van der Waals surface area (Å²) in [5, 5.41) is 0. The molecule has 16 heavy (non-hydrogen) atoms. The molecule has 0 saturated heterocycles. The fraction of sp³-hybridized carbons (Fsp3) is 0.417. The zero-order chi connectivity index (χ0) is 12.1. The Hall–Kier alpha value is -1.55. The monoisotopic (exact) mass is 222 g/mol. The number of primary amides is 1. The van der Waals surface area contributed by atoms with Crippen LogP contribution in [0.5, 0.6) is 5.75 Å². The molecule has 1 amide bonds. The van der Waals surface area contributed by atoms with Crippen molar-refractivity contribution in [2.45, 2.75) is 32.9 Å². The summed E-state index contributed by atoms with van der Waals surface area (Å²) < 4.78 is 5.62.